The second kappa shape index (κ2) is 9.13. The third kappa shape index (κ3) is 4.62. The summed E-state index contributed by atoms with van der Waals surface area (Å²) >= 11 is 6.34. The Labute approximate surface area is 174 Å². The predicted octanol–water partition coefficient (Wildman–Crippen LogP) is 3.33. The highest BCUT2D eigenvalue weighted by Gasteiger charge is 2.28. The van der Waals surface area contributed by atoms with Crippen LogP contribution in [0, 0.1) is 0 Å². The number of rotatable bonds is 6. The molecule has 1 heterocycles. The minimum absolute atomic E-state index is 0.0558. The highest BCUT2D eigenvalue weighted by molar-refractivity contribution is 6.34. The van der Waals surface area contributed by atoms with Crippen molar-refractivity contribution in [2.24, 2.45) is 5.73 Å². The van der Waals surface area contributed by atoms with Gasteiger partial charge in [-0.05, 0) is 45.1 Å². The Bertz CT molecular complexity index is 907. The quantitative estimate of drug-likeness (QED) is 0.693. The lowest BCUT2D eigenvalue weighted by Crippen LogP contribution is -2.39. The Morgan fingerprint density at radius 3 is 2.69 bits per heavy atom. The van der Waals surface area contributed by atoms with E-state index in [-0.39, 0.29) is 17.5 Å². The minimum Gasteiger partial charge on any atom is -0.482 e. The molecule has 3 rings (SSSR count). The van der Waals surface area contributed by atoms with Crippen molar-refractivity contribution >= 4 is 40.7 Å². The summed E-state index contributed by atoms with van der Waals surface area (Å²) in [5.41, 5.74) is 7.11. The number of carbonyl (C=O) groups is 3. The van der Waals surface area contributed by atoms with Crippen molar-refractivity contribution in [1.82, 2.24) is 0 Å². The van der Waals surface area contributed by atoms with E-state index in [1.807, 2.05) is 19.1 Å². The number of hydrogen-bond acceptors (Lipinski definition) is 4. The molecule has 2 aliphatic rings. The zero-order chi connectivity index (χ0) is 21.0. The molecule has 7 nitrogen and oxygen atoms in total. The fraction of sp³-hybridized carbons (Fsp3) is 0.381. The molecule has 0 spiro atoms. The summed E-state index contributed by atoms with van der Waals surface area (Å²) in [5.74, 6) is -0.639. The van der Waals surface area contributed by atoms with Crippen molar-refractivity contribution in [2.45, 2.75) is 39.0 Å². The summed E-state index contributed by atoms with van der Waals surface area (Å²) in [6, 6.07) is 3.22. The second-order valence-corrected chi connectivity index (χ2v) is 7.38. The van der Waals surface area contributed by atoms with Crippen LogP contribution in [-0.2, 0) is 14.4 Å². The summed E-state index contributed by atoms with van der Waals surface area (Å²) in [5, 5.41) is 3.06. The molecule has 0 radical (unpaired) electrons. The van der Waals surface area contributed by atoms with Crippen LogP contribution in [0.3, 0.4) is 0 Å². The normalized spacial score (nSPS) is 16.6. The first kappa shape index (κ1) is 20.9. The van der Waals surface area contributed by atoms with Gasteiger partial charge in [0, 0.05) is 23.8 Å². The summed E-state index contributed by atoms with van der Waals surface area (Å²) in [7, 11) is 0. The average Bonchev–Trinajstić information content (AvgIpc) is 2.70. The minimum atomic E-state index is -0.569. The van der Waals surface area contributed by atoms with E-state index in [1.165, 1.54) is 0 Å². The number of primary amides is 1. The summed E-state index contributed by atoms with van der Waals surface area (Å²) in [6.45, 7) is 2.36. The van der Waals surface area contributed by atoms with Gasteiger partial charge < -0.3 is 20.7 Å². The van der Waals surface area contributed by atoms with Crippen molar-refractivity contribution in [1.29, 1.82) is 0 Å². The molecule has 0 fully saturated rings. The van der Waals surface area contributed by atoms with Crippen molar-refractivity contribution in [3.63, 3.8) is 0 Å². The number of fused-ring (bicyclic) bond motifs is 1. The number of allylic oxidation sites excluding steroid dienone is 1. The molecule has 0 saturated carbocycles. The van der Waals surface area contributed by atoms with E-state index in [2.05, 4.69) is 5.32 Å². The van der Waals surface area contributed by atoms with Gasteiger partial charge in [0.05, 0.1) is 16.4 Å². The highest BCUT2D eigenvalue weighted by Crippen LogP contribution is 2.39. The first-order valence-corrected chi connectivity index (χ1v) is 10.0. The van der Waals surface area contributed by atoms with Crippen LogP contribution in [0.5, 0.6) is 5.75 Å². The topological polar surface area (TPSA) is 102 Å². The maximum absolute atomic E-state index is 12.8. The number of ether oxygens (including phenoxy) is 1. The van der Waals surface area contributed by atoms with Gasteiger partial charge in [-0.2, -0.15) is 0 Å². The number of carbonyl (C=O) groups excluding carboxylic acids is 3. The van der Waals surface area contributed by atoms with Crippen LogP contribution < -0.4 is 20.7 Å². The molecule has 0 bridgehead atoms. The molecule has 0 aromatic heterocycles. The molecular formula is C21H24ClN3O4. The Kier molecular flexibility index (Phi) is 6.59. The SMILES string of the molecule is CC=CCCN1C(=O)COc2cc(Cl)c(NC(=O)C3=C(C(N)=O)CCCC3)cc21. The predicted molar refractivity (Wildman–Crippen MR) is 112 cm³/mol. The third-order valence-corrected chi connectivity index (χ3v) is 5.35. The molecule has 0 saturated heterocycles. The molecule has 1 aromatic carbocycles. The number of hydrogen-bond donors (Lipinski definition) is 2. The van der Waals surface area contributed by atoms with E-state index in [9.17, 15) is 14.4 Å². The molecule has 29 heavy (non-hydrogen) atoms. The van der Waals surface area contributed by atoms with Crippen molar-refractivity contribution in [2.75, 3.05) is 23.4 Å². The zero-order valence-electron chi connectivity index (χ0n) is 16.3. The number of anilines is 2. The smallest absolute Gasteiger partial charge is 0.265 e. The van der Waals surface area contributed by atoms with Gasteiger partial charge in [0.25, 0.3) is 11.8 Å². The fourth-order valence-electron chi connectivity index (χ4n) is 3.56. The van der Waals surface area contributed by atoms with E-state index in [0.29, 0.717) is 54.1 Å². The van der Waals surface area contributed by atoms with Crippen LogP contribution in [0.1, 0.15) is 39.0 Å². The van der Waals surface area contributed by atoms with Crippen LogP contribution in [-0.4, -0.2) is 30.9 Å². The molecule has 1 aromatic rings. The zero-order valence-corrected chi connectivity index (χ0v) is 17.1. The van der Waals surface area contributed by atoms with Crippen LogP contribution in [0.4, 0.5) is 11.4 Å². The lowest BCUT2D eigenvalue weighted by atomic mass is 9.90. The van der Waals surface area contributed by atoms with E-state index >= 15 is 0 Å². The Morgan fingerprint density at radius 2 is 2.00 bits per heavy atom. The maximum Gasteiger partial charge on any atom is 0.265 e. The lowest BCUT2D eigenvalue weighted by Gasteiger charge is -2.30. The Balaban J connectivity index is 1.90. The monoisotopic (exact) mass is 417 g/mol. The number of halogens is 1. The number of amides is 3. The molecule has 1 aliphatic carbocycles. The largest absolute Gasteiger partial charge is 0.482 e. The van der Waals surface area contributed by atoms with Gasteiger partial charge in [0.15, 0.2) is 6.61 Å². The summed E-state index contributed by atoms with van der Waals surface area (Å²) < 4.78 is 5.50. The molecule has 3 N–H and O–H groups in total. The van der Waals surface area contributed by atoms with Gasteiger partial charge >= 0.3 is 0 Å². The highest BCUT2D eigenvalue weighted by atomic mass is 35.5. The number of nitrogens with zero attached hydrogens (tertiary/aromatic N) is 1. The average molecular weight is 418 g/mol. The number of benzene rings is 1. The van der Waals surface area contributed by atoms with Gasteiger partial charge in [0.1, 0.15) is 5.75 Å². The van der Waals surface area contributed by atoms with Gasteiger partial charge in [-0.1, -0.05) is 23.8 Å². The van der Waals surface area contributed by atoms with E-state index in [1.54, 1.807) is 17.0 Å². The van der Waals surface area contributed by atoms with E-state index in [0.717, 1.165) is 12.8 Å². The van der Waals surface area contributed by atoms with Gasteiger partial charge in [-0.25, -0.2) is 0 Å². The maximum atomic E-state index is 12.8. The number of nitrogens with two attached hydrogens (primary N) is 1. The Hall–Kier alpha value is -2.80. The second-order valence-electron chi connectivity index (χ2n) is 6.97. The number of nitrogens with one attached hydrogen (secondary N) is 1. The van der Waals surface area contributed by atoms with Crippen LogP contribution in [0.2, 0.25) is 5.02 Å². The Morgan fingerprint density at radius 1 is 1.28 bits per heavy atom. The molecule has 1 aliphatic heterocycles. The first-order chi connectivity index (χ1) is 13.9. The van der Waals surface area contributed by atoms with E-state index in [4.69, 9.17) is 22.1 Å². The first-order valence-electron chi connectivity index (χ1n) is 9.63. The summed E-state index contributed by atoms with van der Waals surface area (Å²) in [6.07, 6.45) is 7.23. The molecule has 0 unspecified atom stereocenters. The third-order valence-electron chi connectivity index (χ3n) is 5.03. The molecule has 154 valence electrons. The van der Waals surface area contributed by atoms with Crippen molar-refractivity contribution in [3.8, 4) is 5.75 Å². The van der Waals surface area contributed by atoms with Gasteiger partial charge in [-0.15, -0.1) is 0 Å². The molecule has 8 heteroatoms. The molecule has 3 amide bonds. The molecule has 0 atom stereocenters. The van der Waals surface area contributed by atoms with Gasteiger partial charge in [-0.3, -0.25) is 14.4 Å². The standard InChI is InChI=1S/C21H24ClN3O4/c1-2-3-6-9-25-17-11-16(15(22)10-18(17)29-12-19(25)26)24-21(28)14-8-5-4-7-13(14)20(23)27/h2-3,10-11H,4-9,12H2,1H3,(H2,23,27)(H,24,28). The van der Waals surface area contributed by atoms with Crippen LogP contribution in [0.15, 0.2) is 35.4 Å². The van der Waals surface area contributed by atoms with Gasteiger partial charge in [0.2, 0.25) is 5.91 Å². The molecular weight excluding hydrogens is 394 g/mol. The summed E-state index contributed by atoms with van der Waals surface area (Å²) in [4.78, 5) is 38.4. The van der Waals surface area contributed by atoms with Crippen molar-refractivity contribution in [3.05, 3.63) is 40.5 Å². The van der Waals surface area contributed by atoms with Crippen molar-refractivity contribution < 1.29 is 19.1 Å². The van der Waals surface area contributed by atoms with E-state index < -0.39 is 11.8 Å². The van der Waals surface area contributed by atoms with Crippen LogP contribution in [0.25, 0.3) is 0 Å². The fourth-order valence-corrected chi connectivity index (χ4v) is 3.76. The lowest BCUT2D eigenvalue weighted by molar-refractivity contribution is -0.121. The van der Waals surface area contributed by atoms with Crippen LogP contribution >= 0.6 is 11.6 Å².